The Bertz CT molecular complexity index is 360. The molecule has 0 aliphatic rings. The third kappa shape index (κ3) is 5.25. The normalized spacial score (nSPS) is 13.6. The van der Waals surface area contributed by atoms with Crippen molar-refractivity contribution in [1.29, 1.82) is 0 Å². The van der Waals surface area contributed by atoms with E-state index in [1.165, 1.54) is 7.11 Å². The third-order valence-electron chi connectivity index (χ3n) is 2.18. The summed E-state index contributed by atoms with van der Waals surface area (Å²) in [6.07, 6.45) is -2.12. The number of ether oxygens (including phenoxy) is 1. The minimum Gasteiger partial charge on any atom is -0.501 e. The molecule has 1 atom stereocenters. The molecule has 6 heteroatoms. The van der Waals surface area contributed by atoms with E-state index in [0.717, 1.165) is 6.26 Å². The molecule has 0 spiro atoms. The zero-order valence-corrected chi connectivity index (χ0v) is 10.2. The zero-order valence-electron chi connectivity index (χ0n) is 9.37. The fraction of sp³-hybridized carbons (Fsp3) is 0.600. The van der Waals surface area contributed by atoms with Gasteiger partial charge < -0.3 is 4.74 Å². The number of hydrogen-bond donors (Lipinski definition) is 0. The van der Waals surface area contributed by atoms with Crippen molar-refractivity contribution in [1.82, 2.24) is 0 Å². The van der Waals surface area contributed by atoms with Gasteiger partial charge in [0.05, 0.1) is 12.9 Å². The average molecular weight is 254 g/mol. The molecule has 0 saturated heterocycles. The van der Waals surface area contributed by atoms with Gasteiger partial charge in [-0.1, -0.05) is 13.2 Å². The molecule has 0 aromatic carbocycles. The molecule has 0 bridgehead atoms. The van der Waals surface area contributed by atoms with Crippen LogP contribution in [0.1, 0.15) is 12.8 Å². The lowest BCUT2D eigenvalue weighted by Crippen LogP contribution is -2.13. The van der Waals surface area contributed by atoms with Gasteiger partial charge in [-0.15, -0.1) is 0 Å². The Morgan fingerprint density at radius 3 is 2.19 bits per heavy atom. The molecule has 0 aromatic heterocycles. The van der Waals surface area contributed by atoms with E-state index in [2.05, 4.69) is 13.2 Å². The molecule has 0 aromatic rings. The molecule has 0 N–H and O–H groups in total. The molecule has 0 fully saturated rings. The Balaban J connectivity index is 4.68. The van der Waals surface area contributed by atoms with Gasteiger partial charge >= 0.3 is 0 Å². The van der Waals surface area contributed by atoms with Crippen LogP contribution in [0.25, 0.3) is 0 Å². The van der Waals surface area contributed by atoms with Crippen LogP contribution in [0.15, 0.2) is 23.8 Å². The van der Waals surface area contributed by atoms with Crippen LogP contribution in [0.2, 0.25) is 0 Å². The van der Waals surface area contributed by atoms with Crippen molar-refractivity contribution < 1.29 is 21.9 Å². The standard InChI is InChI=1S/C10H16F2O3S/c1-7(16(4,13)14)5-9(6-10(11)12)8(2)15-3/h9-10H,1-2,5-6H2,3-4H3. The topological polar surface area (TPSA) is 43.4 Å². The number of hydrogen-bond acceptors (Lipinski definition) is 3. The number of alkyl halides is 2. The summed E-state index contributed by atoms with van der Waals surface area (Å²) in [6, 6.07) is 0. The minimum absolute atomic E-state index is 0.0867. The Kier molecular flexibility index (Phi) is 5.64. The summed E-state index contributed by atoms with van der Waals surface area (Å²) in [6.45, 7) is 6.83. The summed E-state index contributed by atoms with van der Waals surface area (Å²) in [5.41, 5.74) is 0. The van der Waals surface area contributed by atoms with Gasteiger partial charge in [-0.05, 0) is 6.42 Å². The van der Waals surface area contributed by atoms with E-state index in [4.69, 9.17) is 4.74 Å². The molecule has 0 amide bonds. The number of sulfone groups is 1. The van der Waals surface area contributed by atoms with Gasteiger partial charge in [0.1, 0.15) is 0 Å². The first kappa shape index (κ1) is 15.1. The number of halogens is 2. The predicted octanol–water partition coefficient (Wildman–Crippen LogP) is 2.37. The van der Waals surface area contributed by atoms with Crippen LogP contribution >= 0.6 is 0 Å². The van der Waals surface area contributed by atoms with E-state index in [-0.39, 0.29) is 17.1 Å². The quantitative estimate of drug-likeness (QED) is 0.655. The van der Waals surface area contributed by atoms with Crippen LogP contribution < -0.4 is 0 Å². The first-order valence-corrected chi connectivity index (χ1v) is 6.46. The van der Waals surface area contributed by atoms with E-state index >= 15 is 0 Å². The highest BCUT2D eigenvalue weighted by atomic mass is 32.2. The van der Waals surface area contributed by atoms with E-state index in [1.54, 1.807) is 0 Å². The smallest absolute Gasteiger partial charge is 0.239 e. The third-order valence-corrected chi connectivity index (χ3v) is 3.39. The Hall–Kier alpha value is -0.910. The van der Waals surface area contributed by atoms with Crippen LogP contribution in [0.3, 0.4) is 0 Å². The highest BCUT2D eigenvalue weighted by Crippen LogP contribution is 2.27. The average Bonchev–Trinajstić information content (AvgIpc) is 2.13. The summed E-state index contributed by atoms with van der Waals surface area (Å²) in [7, 11) is -2.10. The van der Waals surface area contributed by atoms with Gasteiger partial charge in [-0.25, -0.2) is 17.2 Å². The monoisotopic (exact) mass is 254 g/mol. The summed E-state index contributed by atoms with van der Waals surface area (Å²) in [5.74, 6) is -0.586. The van der Waals surface area contributed by atoms with Gasteiger partial charge in [0, 0.05) is 23.5 Å². The molecule has 0 rings (SSSR count). The molecule has 0 radical (unpaired) electrons. The molecule has 1 unspecified atom stereocenters. The molecular weight excluding hydrogens is 238 g/mol. The van der Waals surface area contributed by atoms with Crippen molar-refractivity contribution in [3.63, 3.8) is 0 Å². The van der Waals surface area contributed by atoms with Gasteiger partial charge in [0.2, 0.25) is 6.43 Å². The van der Waals surface area contributed by atoms with Crippen molar-refractivity contribution in [3.8, 4) is 0 Å². The van der Waals surface area contributed by atoms with Crippen molar-refractivity contribution in [2.45, 2.75) is 19.3 Å². The first-order chi connectivity index (χ1) is 7.18. The minimum atomic E-state index is -3.41. The van der Waals surface area contributed by atoms with Gasteiger partial charge in [-0.3, -0.25) is 0 Å². The van der Waals surface area contributed by atoms with E-state index < -0.39 is 28.6 Å². The fourth-order valence-electron chi connectivity index (χ4n) is 1.14. The van der Waals surface area contributed by atoms with Crippen LogP contribution in [-0.2, 0) is 14.6 Å². The molecule has 16 heavy (non-hydrogen) atoms. The summed E-state index contributed by atoms with van der Waals surface area (Å²) in [4.78, 5) is -0.0867. The second-order valence-corrected chi connectivity index (χ2v) is 5.63. The molecular formula is C10H16F2O3S. The Labute approximate surface area is 94.7 Å². The van der Waals surface area contributed by atoms with Crippen LogP contribution in [0, 0.1) is 5.92 Å². The highest BCUT2D eigenvalue weighted by Gasteiger charge is 2.23. The summed E-state index contributed by atoms with van der Waals surface area (Å²) < 4.78 is 51.5. The zero-order chi connectivity index (χ0) is 12.9. The van der Waals surface area contributed by atoms with Crippen LogP contribution in [-0.4, -0.2) is 28.2 Å². The molecule has 0 aliphatic carbocycles. The molecule has 94 valence electrons. The SMILES string of the molecule is C=C(OC)C(CC(=C)S(C)(=O)=O)CC(F)F. The number of rotatable bonds is 7. The second-order valence-electron chi connectivity index (χ2n) is 3.51. The van der Waals surface area contributed by atoms with Gasteiger partial charge in [-0.2, -0.15) is 0 Å². The highest BCUT2D eigenvalue weighted by molar-refractivity contribution is 7.94. The van der Waals surface area contributed by atoms with E-state index in [1.807, 2.05) is 0 Å². The maximum atomic E-state index is 12.3. The van der Waals surface area contributed by atoms with Crippen molar-refractivity contribution in [2.24, 2.45) is 5.92 Å². The van der Waals surface area contributed by atoms with Gasteiger partial charge in [0.15, 0.2) is 9.84 Å². The lowest BCUT2D eigenvalue weighted by molar-refractivity contribution is 0.106. The largest absolute Gasteiger partial charge is 0.501 e. The van der Waals surface area contributed by atoms with Crippen molar-refractivity contribution in [2.75, 3.05) is 13.4 Å². The maximum Gasteiger partial charge on any atom is 0.239 e. The van der Waals surface area contributed by atoms with E-state index in [9.17, 15) is 17.2 Å². The first-order valence-electron chi connectivity index (χ1n) is 4.57. The molecule has 0 heterocycles. The Morgan fingerprint density at radius 1 is 1.38 bits per heavy atom. The van der Waals surface area contributed by atoms with E-state index in [0.29, 0.717) is 0 Å². The Morgan fingerprint density at radius 2 is 1.88 bits per heavy atom. The van der Waals surface area contributed by atoms with Crippen LogP contribution in [0.5, 0.6) is 0 Å². The summed E-state index contributed by atoms with van der Waals surface area (Å²) >= 11 is 0. The van der Waals surface area contributed by atoms with Crippen molar-refractivity contribution in [3.05, 3.63) is 23.8 Å². The second kappa shape index (κ2) is 5.98. The molecule has 3 nitrogen and oxygen atoms in total. The summed E-state index contributed by atoms with van der Waals surface area (Å²) in [5, 5.41) is 0. The number of methoxy groups -OCH3 is 1. The lowest BCUT2D eigenvalue weighted by atomic mass is 10.00. The predicted molar refractivity (Wildman–Crippen MR) is 58.9 cm³/mol. The lowest BCUT2D eigenvalue weighted by Gasteiger charge is -2.18. The fourth-order valence-corrected chi connectivity index (χ4v) is 1.64. The molecule has 0 saturated carbocycles. The van der Waals surface area contributed by atoms with Crippen molar-refractivity contribution >= 4 is 9.84 Å². The van der Waals surface area contributed by atoms with Crippen LogP contribution in [0.4, 0.5) is 8.78 Å². The van der Waals surface area contributed by atoms with Gasteiger partial charge in [0.25, 0.3) is 0 Å². The number of allylic oxidation sites excluding steroid dienone is 2. The molecule has 0 aliphatic heterocycles. The maximum absolute atomic E-state index is 12.3.